The summed E-state index contributed by atoms with van der Waals surface area (Å²) in [4.78, 5) is 41.9. The Morgan fingerprint density at radius 1 is 1.13 bits per heavy atom. The molecule has 2 aromatic carbocycles. The molecular formula is C27H26F2N4O5. The van der Waals surface area contributed by atoms with Crippen LogP contribution >= 0.6 is 0 Å². The van der Waals surface area contributed by atoms with Gasteiger partial charge in [-0.1, -0.05) is 36.4 Å². The number of carbonyl (C=O) groups excluding carboxylic acids is 2. The number of aromatic nitrogens is 1. The van der Waals surface area contributed by atoms with Crippen molar-refractivity contribution in [2.75, 3.05) is 32.3 Å². The molecule has 5 rings (SSSR count). The molecule has 0 saturated carbocycles. The van der Waals surface area contributed by atoms with Crippen LogP contribution in [0.25, 0.3) is 0 Å². The normalized spacial score (nSPS) is 18.6. The summed E-state index contributed by atoms with van der Waals surface area (Å²) >= 11 is 0. The van der Waals surface area contributed by atoms with Gasteiger partial charge in [0.2, 0.25) is 5.43 Å². The number of likely N-dealkylation sites (N-methyl/N-ethyl adjacent to an activating group) is 2. The van der Waals surface area contributed by atoms with Crippen LogP contribution in [0.2, 0.25) is 0 Å². The van der Waals surface area contributed by atoms with E-state index in [1.165, 1.54) is 21.8 Å². The van der Waals surface area contributed by atoms with E-state index in [-0.39, 0.29) is 42.3 Å². The highest BCUT2D eigenvalue weighted by atomic mass is 19.1. The van der Waals surface area contributed by atoms with Crippen molar-refractivity contribution in [1.29, 1.82) is 0 Å². The zero-order chi connectivity index (χ0) is 27.0. The van der Waals surface area contributed by atoms with Crippen LogP contribution in [0.3, 0.4) is 0 Å². The van der Waals surface area contributed by atoms with Gasteiger partial charge in [-0.05, 0) is 11.6 Å². The second-order valence-corrected chi connectivity index (χ2v) is 9.26. The van der Waals surface area contributed by atoms with Gasteiger partial charge in [-0.25, -0.2) is 8.78 Å². The van der Waals surface area contributed by atoms with Crippen molar-refractivity contribution in [3.05, 3.63) is 99.0 Å². The zero-order valence-electron chi connectivity index (χ0n) is 20.9. The van der Waals surface area contributed by atoms with Crippen LogP contribution in [-0.4, -0.2) is 54.4 Å². The Kier molecular flexibility index (Phi) is 6.62. The van der Waals surface area contributed by atoms with Crippen molar-refractivity contribution < 1.29 is 27.8 Å². The average molecular weight is 525 g/mol. The second-order valence-electron chi connectivity index (χ2n) is 9.26. The first-order valence-electron chi connectivity index (χ1n) is 12.0. The average Bonchev–Trinajstić information content (AvgIpc) is 3.41. The number of nitrogens with zero attached hydrogens (tertiary/aromatic N) is 3. The fourth-order valence-corrected chi connectivity index (χ4v) is 4.80. The third-order valence-corrected chi connectivity index (χ3v) is 7.11. The van der Waals surface area contributed by atoms with Crippen LogP contribution in [0.4, 0.5) is 8.78 Å². The van der Waals surface area contributed by atoms with Crippen molar-refractivity contribution in [3.63, 3.8) is 0 Å². The maximum Gasteiger partial charge on any atom is 0.278 e. The second kappa shape index (κ2) is 9.90. The molecule has 3 aromatic rings. The van der Waals surface area contributed by atoms with Crippen LogP contribution in [0.15, 0.2) is 59.5 Å². The van der Waals surface area contributed by atoms with E-state index in [0.717, 1.165) is 11.6 Å². The Hall–Kier alpha value is -4.25. The number of benzene rings is 2. The van der Waals surface area contributed by atoms with Gasteiger partial charge < -0.3 is 19.7 Å². The maximum atomic E-state index is 14.1. The number of nitrogens with one attached hydrogen (secondary N) is 1. The summed E-state index contributed by atoms with van der Waals surface area (Å²) in [6, 6.07) is 12.1. The minimum atomic E-state index is -0.823. The molecule has 9 nitrogen and oxygen atoms in total. The van der Waals surface area contributed by atoms with Crippen LogP contribution < -0.4 is 20.5 Å². The van der Waals surface area contributed by atoms with E-state index in [4.69, 9.17) is 9.47 Å². The van der Waals surface area contributed by atoms with E-state index < -0.39 is 34.5 Å². The quantitative estimate of drug-likeness (QED) is 0.533. The number of hydrogen-bond donors (Lipinski definition) is 1. The van der Waals surface area contributed by atoms with E-state index in [1.54, 1.807) is 19.1 Å². The highest BCUT2D eigenvalue weighted by molar-refractivity contribution is 5.99. The number of pyridine rings is 1. The molecule has 1 aromatic heterocycles. The first kappa shape index (κ1) is 25.4. The number of ether oxygens (including phenoxy) is 2. The molecule has 11 heteroatoms. The summed E-state index contributed by atoms with van der Waals surface area (Å²) in [5.41, 5.74) is -1.10. The lowest BCUT2D eigenvalue weighted by Crippen LogP contribution is -2.68. The van der Waals surface area contributed by atoms with Crippen LogP contribution in [-0.2, 0) is 17.9 Å². The van der Waals surface area contributed by atoms with Gasteiger partial charge in [0.05, 0.1) is 13.2 Å². The smallest absolute Gasteiger partial charge is 0.278 e. The predicted octanol–water partition coefficient (Wildman–Crippen LogP) is 2.41. The van der Waals surface area contributed by atoms with E-state index in [1.807, 2.05) is 30.3 Å². The van der Waals surface area contributed by atoms with Crippen LogP contribution in [0, 0.1) is 11.6 Å². The molecule has 1 fully saturated rings. The molecule has 1 atom stereocenters. The lowest BCUT2D eigenvalue weighted by atomic mass is 10.0. The molecular weight excluding hydrogens is 498 g/mol. The van der Waals surface area contributed by atoms with Gasteiger partial charge in [-0.2, -0.15) is 0 Å². The van der Waals surface area contributed by atoms with Crippen molar-refractivity contribution in [3.8, 4) is 5.75 Å². The van der Waals surface area contributed by atoms with Crippen LogP contribution in [0.5, 0.6) is 5.75 Å². The molecule has 3 heterocycles. The number of amides is 2. The summed E-state index contributed by atoms with van der Waals surface area (Å²) in [5, 5.41) is 4.26. The Morgan fingerprint density at radius 3 is 2.58 bits per heavy atom. The number of fused-ring (bicyclic) bond motifs is 1. The maximum absolute atomic E-state index is 14.1. The summed E-state index contributed by atoms with van der Waals surface area (Å²) in [6.45, 7) is 0.389. The van der Waals surface area contributed by atoms with Crippen molar-refractivity contribution in [2.45, 2.75) is 25.2 Å². The lowest BCUT2D eigenvalue weighted by molar-refractivity contribution is 0.0327. The minimum Gasteiger partial charge on any atom is -0.482 e. The van der Waals surface area contributed by atoms with Gasteiger partial charge in [0.15, 0.2) is 17.1 Å². The molecule has 2 amide bonds. The highest BCUT2D eigenvalue weighted by Gasteiger charge is 2.51. The Labute approximate surface area is 217 Å². The summed E-state index contributed by atoms with van der Waals surface area (Å²) in [5.74, 6) is -3.08. The highest BCUT2D eigenvalue weighted by Crippen LogP contribution is 2.35. The first-order chi connectivity index (χ1) is 18.2. The number of halogens is 2. The molecule has 1 N–H and O–H groups in total. The zero-order valence-corrected chi connectivity index (χ0v) is 20.9. The van der Waals surface area contributed by atoms with Gasteiger partial charge in [0.1, 0.15) is 23.8 Å². The number of carbonyl (C=O) groups is 2. The van der Waals surface area contributed by atoms with Gasteiger partial charge >= 0.3 is 0 Å². The fourth-order valence-electron chi connectivity index (χ4n) is 4.80. The van der Waals surface area contributed by atoms with E-state index >= 15 is 0 Å². The van der Waals surface area contributed by atoms with Gasteiger partial charge in [-0.3, -0.25) is 24.1 Å². The Balaban J connectivity index is 1.55. The Bertz CT molecular complexity index is 1450. The first-order valence-corrected chi connectivity index (χ1v) is 12.0. The third-order valence-electron chi connectivity index (χ3n) is 7.11. The SMILES string of the molecule is CN1C(=O)c2c(OCc3ccccc3)c(=O)c(C(=O)NCc3ccc(F)cc3F)cn2N(C)C12CCOC2. The topological polar surface area (TPSA) is 93.1 Å². The molecule has 0 bridgehead atoms. The summed E-state index contributed by atoms with van der Waals surface area (Å²) < 4.78 is 40.3. The van der Waals surface area contributed by atoms with Crippen molar-refractivity contribution >= 4 is 11.8 Å². The summed E-state index contributed by atoms with van der Waals surface area (Å²) in [7, 11) is 3.38. The van der Waals surface area contributed by atoms with Crippen LogP contribution in [0.1, 0.15) is 38.4 Å². The molecule has 38 heavy (non-hydrogen) atoms. The molecule has 0 aliphatic carbocycles. The third kappa shape index (κ3) is 4.28. The van der Waals surface area contributed by atoms with Gasteiger partial charge in [-0.15, -0.1) is 0 Å². The van der Waals surface area contributed by atoms with Gasteiger partial charge in [0, 0.05) is 44.9 Å². The molecule has 1 saturated heterocycles. The van der Waals surface area contributed by atoms with Crippen molar-refractivity contribution in [1.82, 2.24) is 14.9 Å². The standard InChI is InChI=1S/C27H26F2N4O5/c1-31-26(36)22-24(38-15-17-6-4-3-5-7-17)23(34)20(14-33(22)32(2)27(31)10-11-37-16-27)25(35)30-13-18-8-9-19(28)12-21(18)29/h3-9,12,14H,10-11,13,15-16H2,1-2H3,(H,30,35). The minimum absolute atomic E-state index is 0.0100. The lowest BCUT2D eigenvalue weighted by Gasteiger charge is -2.50. The van der Waals surface area contributed by atoms with Gasteiger partial charge in [0.25, 0.3) is 11.8 Å². The molecule has 198 valence electrons. The number of rotatable bonds is 6. The summed E-state index contributed by atoms with van der Waals surface area (Å²) in [6.07, 6.45) is 1.80. The predicted molar refractivity (Wildman–Crippen MR) is 133 cm³/mol. The molecule has 0 radical (unpaired) electrons. The Morgan fingerprint density at radius 2 is 1.89 bits per heavy atom. The largest absolute Gasteiger partial charge is 0.482 e. The monoisotopic (exact) mass is 524 g/mol. The number of hydrogen-bond acceptors (Lipinski definition) is 6. The van der Waals surface area contributed by atoms with E-state index in [0.29, 0.717) is 19.1 Å². The van der Waals surface area contributed by atoms with E-state index in [9.17, 15) is 23.2 Å². The molecule has 2 aliphatic heterocycles. The molecule has 1 unspecified atom stereocenters. The van der Waals surface area contributed by atoms with E-state index in [2.05, 4.69) is 5.32 Å². The molecule has 2 aliphatic rings. The molecule has 1 spiro atoms. The fraction of sp³-hybridized carbons (Fsp3) is 0.296. The van der Waals surface area contributed by atoms with Crippen molar-refractivity contribution in [2.24, 2.45) is 0 Å².